The molecule has 15 heavy (non-hydrogen) atoms. The average molecular weight is 228 g/mol. The quantitative estimate of drug-likeness (QED) is 0.789. The van der Waals surface area contributed by atoms with Gasteiger partial charge in [-0.1, -0.05) is 12.1 Å². The summed E-state index contributed by atoms with van der Waals surface area (Å²) in [6.45, 7) is 1.45. The predicted molar refractivity (Wildman–Crippen MR) is 53.2 cm³/mol. The molecular weight excluding hydrogens is 219 g/mol. The molecule has 1 unspecified atom stereocenters. The third-order valence-corrected chi connectivity index (χ3v) is 3.84. The summed E-state index contributed by atoms with van der Waals surface area (Å²) in [5.74, 6) is -0.778. The minimum absolute atomic E-state index is 0.240. The number of sulfone groups is 1. The van der Waals surface area contributed by atoms with E-state index in [0.717, 1.165) is 11.5 Å². The number of halogens is 1. The van der Waals surface area contributed by atoms with Crippen molar-refractivity contribution in [2.75, 3.05) is 0 Å². The lowest BCUT2D eigenvalue weighted by atomic mass is 10.0. The maximum atomic E-state index is 13.3. The number of rotatable bonds is 1. The molecule has 0 radical (unpaired) electrons. The van der Waals surface area contributed by atoms with Gasteiger partial charge < -0.3 is 5.11 Å². The summed E-state index contributed by atoms with van der Waals surface area (Å²) in [5, 5.41) is 10.3. The van der Waals surface area contributed by atoms with Crippen molar-refractivity contribution in [1.29, 1.82) is 0 Å². The van der Waals surface area contributed by atoms with Crippen LogP contribution in [0.5, 0.6) is 0 Å². The summed E-state index contributed by atoms with van der Waals surface area (Å²) in [4.78, 5) is -0.332. The van der Waals surface area contributed by atoms with Crippen LogP contribution in [0.2, 0.25) is 0 Å². The third kappa shape index (κ3) is 1.48. The largest absolute Gasteiger partial charge is 0.389 e. The second kappa shape index (κ2) is 3.15. The lowest BCUT2D eigenvalue weighted by Gasteiger charge is -2.06. The number of hydrogen-bond acceptors (Lipinski definition) is 3. The Balaban J connectivity index is 2.79. The van der Waals surface area contributed by atoms with Crippen LogP contribution in [-0.2, 0) is 9.84 Å². The molecule has 0 amide bonds. The Bertz CT molecular complexity index is 544. The van der Waals surface area contributed by atoms with Crippen molar-refractivity contribution in [2.24, 2.45) is 0 Å². The number of aliphatic hydroxyl groups excluding tert-OH is 1. The van der Waals surface area contributed by atoms with Crippen LogP contribution in [0.3, 0.4) is 0 Å². The summed E-state index contributed by atoms with van der Waals surface area (Å²) >= 11 is 0. The number of benzene rings is 1. The zero-order valence-corrected chi connectivity index (χ0v) is 8.75. The molecule has 3 nitrogen and oxygen atoms in total. The molecule has 80 valence electrons. The fraction of sp³-hybridized carbons (Fsp3) is 0.200. The predicted octanol–water partition coefficient (Wildman–Crippen LogP) is 1.33. The van der Waals surface area contributed by atoms with E-state index >= 15 is 0 Å². The van der Waals surface area contributed by atoms with Gasteiger partial charge in [0.05, 0.1) is 6.10 Å². The fourth-order valence-electron chi connectivity index (χ4n) is 1.64. The minimum atomic E-state index is -3.73. The van der Waals surface area contributed by atoms with Gasteiger partial charge in [-0.25, -0.2) is 12.8 Å². The zero-order valence-electron chi connectivity index (χ0n) is 7.94. The van der Waals surface area contributed by atoms with E-state index < -0.39 is 21.8 Å². The summed E-state index contributed by atoms with van der Waals surface area (Å²) in [6, 6.07) is 4.00. The van der Waals surface area contributed by atoms with Crippen LogP contribution in [0.15, 0.2) is 28.5 Å². The Hall–Kier alpha value is -1.20. The van der Waals surface area contributed by atoms with Crippen molar-refractivity contribution in [3.63, 3.8) is 0 Å². The average Bonchev–Trinajstić information content (AvgIpc) is 2.39. The van der Waals surface area contributed by atoms with Gasteiger partial charge in [0, 0.05) is 16.5 Å². The van der Waals surface area contributed by atoms with Crippen LogP contribution in [0.4, 0.5) is 4.39 Å². The smallest absolute Gasteiger partial charge is 0.203 e. The fourth-order valence-corrected chi connectivity index (χ4v) is 3.25. The molecule has 0 aromatic heterocycles. The van der Waals surface area contributed by atoms with Crippen LogP contribution < -0.4 is 0 Å². The number of hydrogen-bond donors (Lipinski definition) is 1. The van der Waals surface area contributed by atoms with E-state index in [1.807, 2.05) is 0 Å². The highest BCUT2D eigenvalue weighted by Gasteiger charge is 2.31. The molecule has 1 aromatic rings. The number of aliphatic hydroxyl groups is 1. The molecule has 0 aliphatic carbocycles. The monoisotopic (exact) mass is 228 g/mol. The molecule has 1 heterocycles. The Morgan fingerprint density at radius 2 is 2.07 bits per heavy atom. The van der Waals surface area contributed by atoms with E-state index in [4.69, 9.17) is 0 Å². The summed E-state index contributed by atoms with van der Waals surface area (Å²) in [6.07, 6.45) is -0.928. The van der Waals surface area contributed by atoms with Gasteiger partial charge in [-0.2, -0.15) is 0 Å². The molecule has 0 spiro atoms. The van der Waals surface area contributed by atoms with Gasteiger partial charge in [-0.15, -0.1) is 0 Å². The van der Waals surface area contributed by atoms with Crippen LogP contribution in [0.1, 0.15) is 12.5 Å². The van der Waals surface area contributed by atoms with Gasteiger partial charge >= 0.3 is 0 Å². The van der Waals surface area contributed by atoms with Crippen molar-refractivity contribution in [3.8, 4) is 0 Å². The van der Waals surface area contributed by atoms with E-state index in [-0.39, 0.29) is 16.0 Å². The second-order valence-electron chi connectivity index (χ2n) is 3.41. The molecule has 1 aliphatic rings. The summed E-state index contributed by atoms with van der Waals surface area (Å²) in [7, 11) is -3.73. The van der Waals surface area contributed by atoms with Gasteiger partial charge in [-0.05, 0) is 13.0 Å². The first-order chi connectivity index (χ1) is 6.93. The maximum Gasteiger partial charge on any atom is 0.203 e. The molecule has 0 saturated heterocycles. The molecule has 2 rings (SSSR count). The standard InChI is InChI=1S/C10H9FO3S/c1-6(12)8-5-15(13,14)10-7(8)3-2-4-9(10)11/h2-6,12H,1H3. The normalized spacial score (nSPS) is 19.5. The molecular formula is C10H9FO3S. The molecule has 1 aliphatic heterocycles. The second-order valence-corrected chi connectivity index (χ2v) is 5.14. The highest BCUT2D eigenvalue weighted by molar-refractivity contribution is 7.95. The van der Waals surface area contributed by atoms with E-state index in [9.17, 15) is 17.9 Å². The van der Waals surface area contributed by atoms with Gasteiger partial charge in [-0.3, -0.25) is 0 Å². The topological polar surface area (TPSA) is 54.4 Å². The van der Waals surface area contributed by atoms with E-state index in [2.05, 4.69) is 0 Å². The Kier molecular flexibility index (Phi) is 2.17. The SMILES string of the molecule is CC(O)C1=CS(=O)(=O)c2c(F)cccc21. The summed E-state index contributed by atoms with van der Waals surface area (Å²) < 4.78 is 36.5. The summed E-state index contributed by atoms with van der Waals surface area (Å²) in [5.41, 5.74) is 0.495. The molecule has 1 aromatic carbocycles. The lowest BCUT2D eigenvalue weighted by molar-refractivity contribution is 0.253. The maximum absolute atomic E-state index is 13.3. The molecule has 0 fully saturated rings. The third-order valence-electron chi connectivity index (χ3n) is 2.29. The van der Waals surface area contributed by atoms with Crippen molar-refractivity contribution in [3.05, 3.63) is 35.0 Å². The van der Waals surface area contributed by atoms with E-state index in [0.29, 0.717) is 0 Å². The van der Waals surface area contributed by atoms with Gasteiger partial charge in [0.15, 0.2) is 0 Å². The molecule has 0 bridgehead atoms. The van der Waals surface area contributed by atoms with Gasteiger partial charge in [0.25, 0.3) is 0 Å². The van der Waals surface area contributed by atoms with Crippen molar-refractivity contribution in [2.45, 2.75) is 17.9 Å². The van der Waals surface area contributed by atoms with E-state index in [1.165, 1.54) is 19.1 Å². The van der Waals surface area contributed by atoms with Crippen molar-refractivity contribution < 1.29 is 17.9 Å². The first kappa shape index (κ1) is 10.3. The Morgan fingerprint density at radius 3 is 2.67 bits per heavy atom. The van der Waals surface area contributed by atoms with Crippen LogP contribution in [0, 0.1) is 5.82 Å². The van der Waals surface area contributed by atoms with Crippen molar-refractivity contribution in [1.82, 2.24) is 0 Å². The molecule has 1 N–H and O–H groups in total. The highest BCUT2D eigenvalue weighted by atomic mass is 32.2. The van der Waals surface area contributed by atoms with Crippen LogP contribution in [0.25, 0.3) is 5.57 Å². The molecule has 0 saturated carbocycles. The zero-order chi connectivity index (χ0) is 11.2. The van der Waals surface area contributed by atoms with E-state index in [1.54, 1.807) is 0 Å². The molecule has 1 atom stereocenters. The first-order valence-electron chi connectivity index (χ1n) is 4.37. The highest BCUT2D eigenvalue weighted by Crippen LogP contribution is 2.36. The minimum Gasteiger partial charge on any atom is -0.389 e. The van der Waals surface area contributed by atoms with Gasteiger partial charge in [0.1, 0.15) is 10.7 Å². The molecule has 5 heteroatoms. The lowest BCUT2D eigenvalue weighted by Crippen LogP contribution is -2.02. The number of fused-ring (bicyclic) bond motifs is 1. The van der Waals surface area contributed by atoms with Crippen LogP contribution >= 0.6 is 0 Å². The Morgan fingerprint density at radius 1 is 1.40 bits per heavy atom. The Labute approximate surface area is 86.8 Å². The van der Waals surface area contributed by atoms with Gasteiger partial charge in [0.2, 0.25) is 9.84 Å². The van der Waals surface area contributed by atoms with Crippen molar-refractivity contribution >= 4 is 15.4 Å². The van der Waals surface area contributed by atoms with Crippen LogP contribution in [-0.4, -0.2) is 19.6 Å². The first-order valence-corrected chi connectivity index (χ1v) is 5.92.